The molecular weight excluding hydrogens is 206 g/mol. The molecule has 1 atom stereocenters. The van der Waals surface area contributed by atoms with E-state index >= 15 is 0 Å². The first-order chi connectivity index (χ1) is 7.84. The van der Waals surface area contributed by atoms with E-state index < -0.39 is 0 Å². The van der Waals surface area contributed by atoms with Crippen LogP contribution in [0.1, 0.15) is 12.5 Å². The van der Waals surface area contributed by atoms with Gasteiger partial charge in [0.05, 0.1) is 19.4 Å². The third-order valence-corrected chi connectivity index (χ3v) is 2.77. The van der Waals surface area contributed by atoms with Crippen molar-refractivity contribution >= 4 is 0 Å². The summed E-state index contributed by atoms with van der Waals surface area (Å²) in [5.74, 6) is 0. The van der Waals surface area contributed by atoms with Gasteiger partial charge in [-0.15, -0.1) is 0 Å². The van der Waals surface area contributed by atoms with Crippen molar-refractivity contribution in [1.82, 2.24) is 15.4 Å². The lowest BCUT2D eigenvalue weighted by atomic mass is 10.2. The van der Waals surface area contributed by atoms with Crippen molar-refractivity contribution in [3.8, 4) is 0 Å². The van der Waals surface area contributed by atoms with Crippen LogP contribution >= 0.6 is 0 Å². The summed E-state index contributed by atoms with van der Waals surface area (Å²) in [6.07, 6.45) is 3.42. The number of aromatic nitrogens is 1. The molecule has 1 fully saturated rings. The zero-order chi connectivity index (χ0) is 11.2. The van der Waals surface area contributed by atoms with Crippen molar-refractivity contribution in [2.45, 2.75) is 19.5 Å². The first kappa shape index (κ1) is 11.6. The normalized spacial score (nSPS) is 19.8. The molecule has 0 aromatic carbocycles. The second-order valence-corrected chi connectivity index (χ2v) is 4.23. The Balaban J connectivity index is 1.65. The summed E-state index contributed by atoms with van der Waals surface area (Å²) < 4.78 is 10.1. The van der Waals surface area contributed by atoms with E-state index in [0.29, 0.717) is 6.04 Å². The van der Waals surface area contributed by atoms with Crippen LogP contribution in [0.3, 0.4) is 0 Å². The van der Waals surface area contributed by atoms with Crippen molar-refractivity contribution in [3.05, 3.63) is 18.0 Å². The molecule has 2 heterocycles. The van der Waals surface area contributed by atoms with Crippen LogP contribution in [0, 0.1) is 0 Å². The third-order valence-electron chi connectivity index (χ3n) is 2.77. The maximum atomic E-state index is 5.32. The van der Waals surface area contributed by atoms with Crippen LogP contribution in [0.25, 0.3) is 0 Å². The van der Waals surface area contributed by atoms with E-state index in [4.69, 9.17) is 9.26 Å². The molecule has 0 radical (unpaired) electrons. The molecule has 5 nitrogen and oxygen atoms in total. The van der Waals surface area contributed by atoms with Gasteiger partial charge < -0.3 is 14.6 Å². The fourth-order valence-electron chi connectivity index (χ4n) is 1.84. The summed E-state index contributed by atoms with van der Waals surface area (Å²) in [6.45, 7) is 7.88. The topological polar surface area (TPSA) is 50.5 Å². The average Bonchev–Trinajstić information content (AvgIpc) is 2.81. The monoisotopic (exact) mass is 225 g/mol. The fraction of sp³-hybridized carbons (Fsp3) is 0.727. The molecule has 2 rings (SSSR count). The molecule has 0 saturated carbocycles. The molecule has 1 aromatic rings. The lowest BCUT2D eigenvalue weighted by molar-refractivity contribution is 0.0343. The number of rotatable bonds is 5. The molecule has 5 heteroatoms. The van der Waals surface area contributed by atoms with Gasteiger partial charge in [0.15, 0.2) is 0 Å². The van der Waals surface area contributed by atoms with Gasteiger partial charge in [0.2, 0.25) is 0 Å². The minimum Gasteiger partial charge on any atom is -0.379 e. The van der Waals surface area contributed by atoms with Crippen molar-refractivity contribution in [2.75, 3.05) is 32.8 Å². The molecule has 1 aliphatic rings. The maximum absolute atomic E-state index is 5.32. The van der Waals surface area contributed by atoms with Crippen LogP contribution in [-0.2, 0) is 11.3 Å². The summed E-state index contributed by atoms with van der Waals surface area (Å²) in [5, 5.41) is 7.12. The number of hydrogen-bond acceptors (Lipinski definition) is 5. The largest absolute Gasteiger partial charge is 0.379 e. The molecule has 1 saturated heterocycles. The van der Waals surface area contributed by atoms with Gasteiger partial charge in [-0.3, -0.25) is 4.90 Å². The minimum atomic E-state index is 0.466. The van der Waals surface area contributed by atoms with Crippen molar-refractivity contribution < 1.29 is 9.26 Å². The van der Waals surface area contributed by atoms with Crippen LogP contribution < -0.4 is 5.32 Å². The first-order valence-corrected chi connectivity index (χ1v) is 5.76. The van der Waals surface area contributed by atoms with E-state index in [9.17, 15) is 0 Å². The van der Waals surface area contributed by atoms with E-state index in [1.165, 1.54) is 0 Å². The SMILES string of the molecule is CC(CN1CCOCC1)NCc1cnoc1. The fourth-order valence-corrected chi connectivity index (χ4v) is 1.84. The second kappa shape index (κ2) is 5.98. The van der Waals surface area contributed by atoms with Gasteiger partial charge in [-0.1, -0.05) is 5.16 Å². The smallest absolute Gasteiger partial charge is 0.128 e. The van der Waals surface area contributed by atoms with Crippen LogP contribution in [-0.4, -0.2) is 48.9 Å². The van der Waals surface area contributed by atoms with Crippen LogP contribution in [0.15, 0.2) is 17.0 Å². The lowest BCUT2D eigenvalue weighted by Crippen LogP contribution is -2.44. The maximum Gasteiger partial charge on any atom is 0.128 e. The second-order valence-electron chi connectivity index (χ2n) is 4.23. The quantitative estimate of drug-likeness (QED) is 0.790. The molecule has 0 spiro atoms. The van der Waals surface area contributed by atoms with Gasteiger partial charge in [0, 0.05) is 37.8 Å². The van der Waals surface area contributed by atoms with E-state index in [2.05, 4.69) is 22.3 Å². The van der Waals surface area contributed by atoms with Crippen molar-refractivity contribution in [3.63, 3.8) is 0 Å². The van der Waals surface area contributed by atoms with E-state index in [1.807, 2.05) is 0 Å². The molecule has 0 aliphatic carbocycles. The summed E-state index contributed by atoms with van der Waals surface area (Å²) in [4.78, 5) is 2.43. The number of hydrogen-bond donors (Lipinski definition) is 1. The number of ether oxygens (including phenoxy) is 1. The number of morpholine rings is 1. The zero-order valence-electron chi connectivity index (χ0n) is 9.69. The molecular formula is C11H19N3O2. The predicted molar refractivity (Wildman–Crippen MR) is 60.1 cm³/mol. The molecule has 16 heavy (non-hydrogen) atoms. The number of nitrogens with one attached hydrogen (secondary N) is 1. The van der Waals surface area contributed by atoms with Crippen molar-refractivity contribution in [1.29, 1.82) is 0 Å². The van der Waals surface area contributed by atoms with Gasteiger partial charge in [-0.25, -0.2) is 0 Å². The molecule has 1 N–H and O–H groups in total. The Kier molecular flexibility index (Phi) is 4.33. The highest BCUT2D eigenvalue weighted by molar-refractivity contribution is 4.99. The Morgan fingerprint density at radius 3 is 3.00 bits per heavy atom. The number of nitrogens with zero attached hydrogens (tertiary/aromatic N) is 2. The lowest BCUT2D eigenvalue weighted by Gasteiger charge is -2.29. The highest BCUT2D eigenvalue weighted by atomic mass is 16.5. The third kappa shape index (κ3) is 3.59. The molecule has 90 valence electrons. The van der Waals surface area contributed by atoms with Gasteiger partial charge in [0.1, 0.15) is 6.26 Å². The summed E-state index contributed by atoms with van der Waals surface area (Å²) in [5.41, 5.74) is 1.09. The summed E-state index contributed by atoms with van der Waals surface area (Å²) >= 11 is 0. The Morgan fingerprint density at radius 2 is 2.31 bits per heavy atom. The van der Waals surface area contributed by atoms with Crippen LogP contribution in [0.2, 0.25) is 0 Å². The molecule has 0 bridgehead atoms. The highest BCUT2D eigenvalue weighted by Crippen LogP contribution is 2.00. The Labute approximate surface area is 95.7 Å². The van der Waals surface area contributed by atoms with Gasteiger partial charge in [0.25, 0.3) is 0 Å². The minimum absolute atomic E-state index is 0.466. The van der Waals surface area contributed by atoms with Gasteiger partial charge >= 0.3 is 0 Å². The molecule has 1 aromatic heterocycles. The summed E-state index contributed by atoms with van der Waals surface area (Å²) in [7, 11) is 0. The molecule has 1 aliphatic heterocycles. The highest BCUT2D eigenvalue weighted by Gasteiger charge is 2.13. The first-order valence-electron chi connectivity index (χ1n) is 5.76. The average molecular weight is 225 g/mol. The van der Waals surface area contributed by atoms with Crippen LogP contribution in [0.5, 0.6) is 0 Å². The van der Waals surface area contributed by atoms with E-state index in [1.54, 1.807) is 12.5 Å². The molecule has 1 unspecified atom stereocenters. The van der Waals surface area contributed by atoms with E-state index in [0.717, 1.165) is 45.0 Å². The standard InChI is InChI=1S/C11H19N3O2/c1-10(8-14-2-4-15-5-3-14)12-6-11-7-13-16-9-11/h7,9-10,12H,2-6,8H2,1H3. The Morgan fingerprint density at radius 1 is 1.50 bits per heavy atom. The zero-order valence-corrected chi connectivity index (χ0v) is 9.69. The van der Waals surface area contributed by atoms with Gasteiger partial charge in [-0.2, -0.15) is 0 Å². The summed E-state index contributed by atoms with van der Waals surface area (Å²) in [6, 6.07) is 0.466. The van der Waals surface area contributed by atoms with Gasteiger partial charge in [-0.05, 0) is 6.92 Å². The van der Waals surface area contributed by atoms with Crippen molar-refractivity contribution in [2.24, 2.45) is 0 Å². The van der Waals surface area contributed by atoms with E-state index in [-0.39, 0.29) is 0 Å². The molecule has 0 amide bonds. The Hall–Kier alpha value is -0.910. The van der Waals surface area contributed by atoms with Crippen LogP contribution in [0.4, 0.5) is 0 Å². The Bertz CT molecular complexity index is 283. The predicted octanol–water partition coefficient (Wildman–Crippen LogP) is 0.485.